The summed E-state index contributed by atoms with van der Waals surface area (Å²) in [5.74, 6) is -0.845. The van der Waals surface area contributed by atoms with Gasteiger partial charge < -0.3 is 23.7 Å². The first-order valence-electron chi connectivity index (χ1n) is 12.4. The van der Waals surface area contributed by atoms with Gasteiger partial charge in [0.25, 0.3) is 5.91 Å². The molecule has 0 spiro atoms. The highest BCUT2D eigenvalue weighted by atomic mass is 32.2. The van der Waals surface area contributed by atoms with E-state index in [0.717, 1.165) is 12.8 Å². The van der Waals surface area contributed by atoms with Crippen molar-refractivity contribution >= 4 is 15.7 Å². The number of hydrogen-bond donors (Lipinski definition) is 0. The molecule has 1 amide bonds. The second-order valence-corrected chi connectivity index (χ2v) is 11.0. The third-order valence-corrected chi connectivity index (χ3v) is 7.98. The lowest BCUT2D eigenvalue weighted by Gasteiger charge is -2.26. The highest BCUT2D eigenvalue weighted by molar-refractivity contribution is 7.90. The van der Waals surface area contributed by atoms with Gasteiger partial charge in [-0.2, -0.15) is 0 Å². The fourth-order valence-corrected chi connectivity index (χ4v) is 5.99. The first-order valence-corrected chi connectivity index (χ1v) is 14.0. The predicted molar refractivity (Wildman–Crippen MR) is 138 cm³/mol. The maximum atomic E-state index is 14.5. The quantitative estimate of drug-likeness (QED) is 0.344. The number of benzene rings is 2. The second-order valence-electron chi connectivity index (χ2n) is 9.09. The van der Waals surface area contributed by atoms with E-state index < -0.39 is 21.6 Å². The van der Waals surface area contributed by atoms with Crippen LogP contribution in [-0.2, 0) is 38.2 Å². The fourth-order valence-electron chi connectivity index (χ4n) is 4.49. The zero-order valence-electron chi connectivity index (χ0n) is 21.5. The standard InChI is InChI=1S/C27H32FN3O6S/c1-35-14-12-31-21(16-29-27(31)38(33,34)19-20-7-5-8-22(15-20)36-2)17-30(18-23-9-6-13-37-23)26(32)24-10-3-4-11-25(24)28/h3-5,7-8,10-11,15-16,23H,6,9,12-14,17-19H2,1-2H3. The molecule has 1 aliphatic heterocycles. The van der Waals surface area contributed by atoms with Crippen LogP contribution in [0.3, 0.4) is 0 Å². The van der Waals surface area contributed by atoms with E-state index in [4.69, 9.17) is 14.2 Å². The van der Waals surface area contributed by atoms with Crippen molar-refractivity contribution in [1.29, 1.82) is 0 Å². The Kier molecular flexibility index (Phi) is 9.13. The van der Waals surface area contributed by atoms with E-state index in [2.05, 4.69) is 4.98 Å². The van der Waals surface area contributed by atoms with Crippen LogP contribution in [-0.4, -0.2) is 68.9 Å². The molecule has 1 saturated heterocycles. The molecule has 4 rings (SSSR count). The molecule has 2 heterocycles. The van der Waals surface area contributed by atoms with Gasteiger partial charge in [-0.15, -0.1) is 0 Å². The third-order valence-electron chi connectivity index (χ3n) is 6.38. The maximum Gasteiger partial charge on any atom is 0.257 e. The first-order chi connectivity index (χ1) is 18.3. The molecule has 3 aromatic rings. The van der Waals surface area contributed by atoms with E-state index >= 15 is 0 Å². The van der Waals surface area contributed by atoms with E-state index in [-0.39, 0.29) is 48.8 Å². The number of carbonyl (C=O) groups excluding carboxylic acids is 1. The number of aromatic nitrogens is 2. The van der Waals surface area contributed by atoms with Gasteiger partial charge in [-0.3, -0.25) is 4.79 Å². The van der Waals surface area contributed by atoms with Gasteiger partial charge in [0, 0.05) is 26.8 Å². The number of carbonyl (C=O) groups is 1. The Hall–Kier alpha value is -3.28. The van der Waals surface area contributed by atoms with Crippen LogP contribution in [0.5, 0.6) is 5.75 Å². The number of nitrogens with zero attached hydrogens (tertiary/aromatic N) is 3. The molecule has 38 heavy (non-hydrogen) atoms. The predicted octanol–water partition coefficient (Wildman–Crippen LogP) is 3.47. The molecule has 2 aromatic carbocycles. The van der Waals surface area contributed by atoms with Gasteiger partial charge in [0.05, 0.1) is 49.6 Å². The van der Waals surface area contributed by atoms with Crippen LogP contribution in [0, 0.1) is 5.82 Å². The van der Waals surface area contributed by atoms with Crippen molar-refractivity contribution in [1.82, 2.24) is 14.5 Å². The smallest absolute Gasteiger partial charge is 0.257 e. The van der Waals surface area contributed by atoms with Gasteiger partial charge in [0.15, 0.2) is 0 Å². The van der Waals surface area contributed by atoms with Crippen molar-refractivity contribution in [3.05, 3.63) is 77.4 Å². The third kappa shape index (κ3) is 6.58. The van der Waals surface area contributed by atoms with Gasteiger partial charge in [-0.1, -0.05) is 24.3 Å². The molecule has 1 fully saturated rings. The second kappa shape index (κ2) is 12.5. The molecule has 1 aromatic heterocycles. The van der Waals surface area contributed by atoms with Crippen LogP contribution in [0.1, 0.15) is 34.5 Å². The summed E-state index contributed by atoms with van der Waals surface area (Å²) in [6, 6.07) is 12.6. The average Bonchev–Trinajstić information content (AvgIpc) is 3.57. The van der Waals surface area contributed by atoms with Gasteiger partial charge in [0.1, 0.15) is 11.6 Å². The van der Waals surface area contributed by atoms with Crippen LogP contribution in [0.2, 0.25) is 0 Å². The van der Waals surface area contributed by atoms with Crippen molar-refractivity contribution in [3.63, 3.8) is 0 Å². The van der Waals surface area contributed by atoms with E-state index in [9.17, 15) is 17.6 Å². The summed E-state index contributed by atoms with van der Waals surface area (Å²) in [6.45, 7) is 1.32. The molecule has 1 atom stereocenters. The summed E-state index contributed by atoms with van der Waals surface area (Å²) < 4.78 is 59.1. The zero-order valence-corrected chi connectivity index (χ0v) is 22.3. The summed E-state index contributed by atoms with van der Waals surface area (Å²) in [4.78, 5) is 19.2. The number of amides is 1. The Balaban J connectivity index is 1.66. The van der Waals surface area contributed by atoms with Crippen LogP contribution in [0.25, 0.3) is 0 Å². The van der Waals surface area contributed by atoms with Crippen LogP contribution >= 0.6 is 0 Å². The summed E-state index contributed by atoms with van der Waals surface area (Å²) in [5.41, 5.74) is 0.996. The number of methoxy groups -OCH3 is 2. The molecule has 1 aliphatic rings. The molecule has 0 saturated carbocycles. The Morgan fingerprint density at radius 1 is 1.21 bits per heavy atom. The largest absolute Gasteiger partial charge is 0.497 e. The summed E-state index contributed by atoms with van der Waals surface area (Å²) in [6.07, 6.45) is 2.93. The molecule has 0 aliphatic carbocycles. The zero-order chi connectivity index (χ0) is 27.1. The number of hydrogen-bond acceptors (Lipinski definition) is 7. The van der Waals surface area contributed by atoms with Gasteiger partial charge in [0.2, 0.25) is 15.0 Å². The molecular formula is C27H32FN3O6S. The number of imidazole rings is 1. The number of sulfone groups is 1. The summed E-state index contributed by atoms with van der Waals surface area (Å²) >= 11 is 0. The van der Waals surface area contributed by atoms with Crippen molar-refractivity contribution < 1.29 is 31.8 Å². The number of halogens is 1. The topological polar surface area (TPSA) is 100.0 Å². The van der Waals surface area contributed by atoms with Gasteiger partial charge >= 0.3 is 0 Å². The lowest BCUT2D eigenvalue weighted by molar-refractivity contribution is 0.0497. The average molecular weight is 546 g/mol. The van der Waals surface area contributed by atoms with E-state index in [1.807, 2.05) is 0 Å². The first kappa shape index (κ1) is 27.7. The van der Waals surface area contributed by atoms with Crippen LogP contribution in [0.4, 0.5) is 4.39 Å². The van der Waals surface area contributed by atoms with Crippen LogP contribution in [0.15, 0.2) is 59.9 Å². The number of rotatable bonds is 12. The molecule has 9 nitrogen and oxygen atoms in total. The monoisotopic (exact) mass is 545 g/mol. The van der Waals surface area contributed by atoms with Crippen LogP contribution < -0.4 is 4.74 Å². The minimum atomic E-state index is -3.86. The van der Waals surface area contributed by atoms with E-state index in [1.54, 1.807) is 34.9 Å². The van der Waals surface area contributed by atoms with Crippen molar-refractivity contribution in [3.8, 4) is 5.75 Å². The Morgan fingerprint density at radius 3 is 2.74 bits per heavy atom. The summed E-state index contributed by atoms with van der Waals surface area (Å²) in [7, 11) is -0.827. The Morgan fingerprint density at radius 2 is 2.03 bits per heavy atom. The molecule has 1 unspecified atom stereocenters. The van der Waals surface area contributed by atoms with Gasteiger partial charge in [-0.05, 0) is 42.7 Å². The molecular weight excluding hydrogens is 513 g/mol. The minimum absolute atomic E-state index is 0.0262. The molecule has 0 radical (unpaired) electrons. The Labute approximate surface area is 222 Å². The minimum Gasteiger partial charge on any atom is -0.497 e. The lowest BCUT2D eigenvalue weighted by atomic mass is 10.1. The molecule has 0 N–H and O–H groups in total. The molecule has 204 valence electrons. The number of ether oxygens (including phenoxy) is 3. The maximum absolute atomic E-state index is 14.5. The summed E-state index contributed by atoms with van der Waals surface area (Å²) in [5, 5.41) is -0.122. The molecule has 0 bridgehead atoms. The highest BCUT2D eigenvalue weighted by Gasteiger charge is 2.29. The Bertz CT molecular complexity index is 1350. The van der Waals surface area contributed by atoms with Gasteiger partial charge in [-0.25, -0.2) is 17.8 Å². The van der Waals surface area contributed by atoms with E-state index in [0.29, 0.717) is 23.6 Å². The fraction of sp³-hybridized carbons (Fsp3) is 0.407. The highest BCUT2D eigenvalue weighted by Crippen LogP contribution is 2.23. The van der Waals surface area contributed by atoms with Crippen molar-refractivity contribution in [2.24, 2.45) is 0 Å². The van der Waals surface area contributed by atoms with E-state index in [1.165, 1.54) is 43.5 Å². The van der Waals surface area contributed by atoms with Crippen molar-refractivity contribution in [2.75, 3.05) is 34.0 Å². The molecule has 11 heteroatoms. The normalized spacial score (nSPS) is 15.5. The van der Waals surface area contributed by atoms with Crippen molar-refractivity contribution in [2.45, 2.75) is 42.9 Å². The lowest BCUT2D eigenvalue weighted by Crippen LogP contribution is -2.38. The SMILES string of the molecule is COCCn1c(CN(CC2CCCO2)C(=O)c2ccccc2F)cnc1S(=O)(=O)Cc1cccc(OC)c1.